The molecule has 1 amide bonds. The Morgan fingerprint density at radius 3 is 2.67 bits per heavy atom. The highest BCUT2D eigenvalue weighted by atomic mass is 16.5. The molecule has 0 radical (unpaired) electrons. The van der Waals surface area contributed by atoms with Gasteiger partial charge in [0.2, 0.25) is 5.91 Å². The first-order valence-electron chi connectivity index (χ1n) is 7.68. The molecule has 4 heteroatoms. The Kier molecular flexibility index (Phi) is 4.88. The summed E-state index contributed by atoms with van der Waals surface area (Å²) in [5.41, 5.74) is 2.21. The van der Waals surface area contributed by atoms with Crippen LogP contribution < -0.4 is 10.1 Å². The molecule has 4 nitrogen and oxygen atoms in total. The molecule has 1 N–H and O–H groups in total. The van der Waals surface area contributed by atoms with Gasteiger partial charge in [0.15, 0.2) is 0 Å². The maximum atomic E-state index is 12.3. The summed E-state index contributed by atoms with van der Waals surface area (Å²) in [6.45, 7) is 8.95. The monoisotopic (exact) mass is 290 g/mol. The van der Waals surface area contributed by atoms with E-state index in [-0.39, 0.29) is 18.1 Å². The van der Waals surface area contributed by atoms with E-state index in [2.05, 4.69) is 32.2 Å². The Morgan fingerprint density at radius 1 is 1.43 bits per heavy atom. The molecular formula is C17H26N2O2. The number of nitrogens with one attached hydrogen (secondary N) is 1. The van der Waals surface area contributed by atoms with E-state index in [1.54, 1.807) is 7.11 Å². The fraction of sp³-hybridized carbons (Fsp3) is 0.588. The van der Waals surface area contributed by atoms with Gasteiger partial charge in [-0.2, -0.15) is 0 Å². The van der Waals surface area contributed by atoms with Crippen LogP contribution in [-0.4, -0.2) is 30.5 Å². The number of hydrogen-bond acceptors (Lipinski definition) is 3. The van der Waals surface area contributed by atoms with Crippen molar-refractivity contribution < 1.29 is 9.53 Å². The van der Waals surface area contributed by atoms with Gasteiger partial charge in [-0.05, 0) is 42.5 Å². The van der Waals surface area contributed by atoms with Gasteiger partial charge < -0.3 is 9.64 Å². The molecule has 1 aliphatic rings. The number of benzene rings is 1. The van der Waals surface area contributed by atoms with Crippen LogP contribution in [0.2, 0.25) is 0 Å². The van der Waals surface area contributed by atoms with Gasteiger partial charge in [0.1, 0.15) is 11.9 Å². The zero-order valence-electron chi connectivity index (χ0n) is 13.6. The van der Waals surface area contributed by atoms with E-state index >= 15 is 0 Å². The Morgan fingerprint density at radius 2 is 2.14 bits per heavy atom. The summed E-state index contributed by atoms with van der Waals surface area (Å²) in [7, 11) is 1.68. The van der Waals surface area contributed by atoms with Gasteiger partial charge in [0.05, 0.1) is 13.7 Å². The molecule has 1 heterocycles. The first-order chi connectivity index (χ1) is 9.99. The fourth-order valence-electron chi connectivity index (χ4n) is 3.23. The molecule has 0 spiro atoms. The predicted octanol–water partition coefficient (Wildman–Crippen LogP) is 2.87. The van der Waals surface area contributed by atoms with Crippen molar-refractivity contribution in [1.82, 2.24) is 10.2 Å². The molecule has 1 aliphatic heterocycles. The van der Waals surface area contributed by atoms with Crippen LogP contribution in [0, 0.1) is 12.8 Å². The summed E-state index contributed by atoms with van der Waals surface area (Å²) in [6, 6.07) is 6.39. The van der Waals surface area contributed by atoms with Crippen molar-refractivity contribution in [3.63, 3.8) is 0 Å². The lowest BCUT2D eigenvalue weighted by Gasteiger charge is -2.35. The van der Waals surface area contributed by atoms with Crippen LogP contribution in [0.4, 0.5) is 0 Å². The third kappa shape index (κ3) is 3.05. The van der Waals surface area contributed by atoms with E-state index in [1.807, 2.05) is 24.0 Å². The second-order valence-corrected chi connectivity index (χ2v) is 6.03. The summed E-state index contributed by atoms with van der Waals surface area (Å²) < 4.78 is 5.32. The zero-order chi connectivity index (χ0) is 15.6. The molecule has 1 fully saturated rings. The molecular weight excluding hydrogens is 264 g/mol. The van der Waals surface area contributed by atoms with E-state index in [1.165, 1.54) is 0 Å². The van der Waals surface area contributed by atoms with Crippen molar-refractivity contribution in [2.75, 3.05) is 13.7 Å². The average Bonchev–Trinajstić information content (AvgIpc) is 2.81. The minimum Gasteiger partial charge on any atom is -0.496 e. The van der Waals surface area contributed by atoms with Crippen molar-refractivity contribution in [2.24, 2.45) is 5.92 Å². The number of methoxy groups -OCH3 is 1. The van der Waals surface area contributed by atoms with Crippen molar-refractivity contribution >= 4 is 5.91 Å². The number of aryl methyl sites for hydroxylation is 1. The van der Waals surface area contributed by atoms with Crippen LogP contribution in [-0.2, 0) is 4.79 Å². The Labute approximate surface area is 127 Å². The average molecular weight is 290 g/mol. The Hall–Kier alpha value is -1.55. The van der Waals surface area contributed by atoms with E-state index in [0.29, 0.717) is 12.5 Å². The molecule has 0 aromatic heterocycles. The quantitative estimate of drug-likeness (QED) is 0.906. The molecule has 2 unspecified atom stereocenters. The number of carbonyl (C=O) groups excluding carboxylic acids is 1. The van der Waals surface area contributed by atoms with E-state index in [0.717, 1.165) is 23.3 Å². The normalized spacial score (nSPS) is 20.2. The Bertz CT molecular complexity index is 514. The second-order valence-electron chi connectivity index (χ2n) is 6.03. The summed E-state index contributed by atoms with van der Waals surface area (Å²) in [4.78, 5) is 14.3. The number of rotatable bonds is 5. The lowest BCUT2D eigenvalue weighted by atomic mass is 9.98. The maximum absolute atomic E-state index is 12.3. The first kappa shape index (κ1) is 15.8. The van der Waals surface area contributed by atoms with Crippen LogP contribution in [0.3, 0.4) is 0 Å². The largest absolute Gasteiger partial charge is 0.496 e. The highest BCUT2D eigenvalue weighted by Crippen LogP contribution is 2.31. The molecule has 116 valence electrons. The van der Waals surface area contributed by atoms with Gasteiger partial charge in [0, 0.05) is 6.04 Å². The molecule has 0 saturated carbocycles. The van der Waals surface area contributed by atoms with E-state index in [9.17, 15) is 4.79 Å². The molecule has 1 aromatic rings. The van der Waals surface area contributed by atoms with Gasteiger partial charge in [-0.25, -0.2) is 0 Å². The third-order valence-electron chi connectivity index (χ3n) is 4.29. The Balaban J connectivity index is 2.33. The summed E-state index contributed by atoms with van der Waals surface area (Å²) in [6.07, 6.45) is 0.936. The van der Waals surface area contributed by atoms with Crippen LogP contribution >= 0.6 is 0 Å². The van der Waals surface area contributed by atoms with E-state index < -0.39 is 0 Å². The number of ether oxygens (including phenoxy) is 1. The summed E-state index contributed by atoms with van der Waals surface area (Å²) in [5, 5.41) is 3.34. The standard InChI is InChI=1S/C17H26N2O2/c1-6-14(11(2)3)19-16(20)10-18-17(19)13-7-8-15(21-5)12(4)9-13/h7-9,11,14,17-18H,6,10H2,1-5H3. The second kappa shape index (κ2) is 6.48. The highest BCUT2D eigenvalue weighted by Gasteiger charge is 2.37. The first-order valence-corrected chi connectivity index (χ1v) is 7.68. The zero-order valence-corrected chi connectivity index (χ0v) is 13.6. The van der Waals surface area contributed by atoms with Crippen molar-refractivity contribution in [3.05, 3.63) is 29.3 Å². The smallest absolute Gasteiger partial charge is 0.238 e. The lowest BCUT2D eigenvalue weighted by Crippen LogP contribution is -2.42. The topological polar surface area (TPSA) is 41.6 Å². The van der Waals surface area contributed by atoms with Crippen LogP contribution in [0.15, 0.2) is 18.2 Å². The van der Waals surface area contributed by atoms with Gasteiger partial charge in [-0.3, -0.25) is 10.1 Å². The minimum atomic E-state index is -0.0329. The van der Waals surface area contributed by atoms with Crippen molar-refractivity contribution in [3.8, 4) is 5.75 Å². The molecule has 0 bridgehead atoms. The number of hydrogen-bond donors (Lipinski definition) is 1. The summed E-state index contributed by atoms with van der Waals surface area (Å²) >= 11 is 0. The molecule has 1 saturated heterocycles. The number of nitrogens with zero attached hydrogens (tertiary/aromatic N) is 1. The molecule has 0 aliphatic carbocycles. The van der Waals surface area contributed by atoms with Crippen molar-refractivity contribution in [2.45, 2.75) is 46.3 Å². The molecule has 2 rings (SSSR count). The predicted molar refractivity (Wildman–Crippen MR) is 84.2 cm³/mol. The molecule has 1 aromatic carbocycles. The van der Waals surface area contributed by atoms with Gasteiger partial charge in [0.25, 0.3) is 0 Å². The number of amides is 1. The molecule has 21 heavy (non-hydrogen) atoms. The lowest BCUT2D eigenvalue weighted by molar-refractivity contribution is -0.131. The minimum absolute atomic E-state index is 0.0329. The van der Waals surface area contributed by atoms with E-state index in [4.69, 9.17) is 4.74 Å². The van der Waals surface area contributed by atoms with Gasteiger partial charge >= 0.3 is 0 Å². The molecule has 2 atom stereocenters. The highest BCUT2D eigenvalue weighted by molar-refractivity contribution is 5.81. The number of carbonyl (C=O) groups is 1. The summed E-state index contributed by atoms with van der Waals surface area (Å²) in [5.74, 6) is 1.51. The third-order valence-corrected chi connectivity index (χ3v) is 4.29. The van der Waals surface area contributed by atoms with Crippen molar-refractivity contribution in [1.29, 1.82) is 0 Å². The fourth-order valence-corrected chi connectivity index (χ4v) is 3.23. The van der Waals surface area contributed by atoms with Crippen LogP contribution in [0.5, 0.6) is 5.75 Å². The van der Waals surface area contributed by atoms with Gasteiger partial charge in [-0.15, -0.1) is 0 Å². The van der Waals surface area contributed by atoms with Crippen LogP contribution in [0.1, 0.15) is 44.5 Å². The SMILES string of the molecule is CCC(C(C)C)N1C(=O)CNC1c1ccc(OC)c(C)c1. The van der Waals surface area contributed by atoms with Crippen LogP contribution in [0.25, 0.3) is 0 Å². The van der Waals surface area contributed by atoms with Gasteiger partial charge in [-0.1, -0.05) is 26.8 Å². The maximum Gasteiger partial charge on any atom is 0.238 e.